The Bertz CT molecular complexity index is 791. The Morgan fingerprint density at radius 3 is 2.29 bits per heavy atom. The van der Waals surface area contributed by atoms with Crippen LogP contribution in [0.15, 0.2) is 54.6 Å². The molecule has 1 amide bonds. The summed E-state index contributed by atoms with van der Waals surface area (Å²) in [7, 11) is 1.82. The molecular weight excluding hydrogens is 376 g/mol. The molecule has 5 nitrogen and oxygen atoms in total. The molecule has 28 heavy (non-hydrogen) atoms. The van der Waals surface area contributed by atoms with E-state index in [0.29, 0.717) is 5.56 Å². The largest absolute Gasteiger partial charge is 0.478 e. The Morgan fingerprint density at radius 1 is 1.04 bits per heavy atom. The average molecular weight is 403 g/mol. The first kappa shape index (κ1) is 21.9. The van der Waals surface area contributed by atoms with E-state index >= 15 is 0 Å². The number of carbonyl (C=O) groups is 2. The van der Waals surface area contributed by atoms with Crippen LogP contribution in [0.1, 0.15) is 40.4 Å². The van der Waals surface area contributed by atoms with Crippen molar-refractivity contribution in [3.8, 4) is 0 Å². The third-order valence-corrected chi connectivity index (χ3v) is 5.26. The molecule has 3 rings (SSSR count). The Kier molecular flexibility index (Phi) is 8.03. The number of carboxylic acids is 1. The maximum absolute atomic E-state index is 13.0. The van der Waals surface area contributed by atoms with Crippen molar-refractivity contribution in [3.05, 3.63) is 71.3 Å². The van der Waals surface area contributed by atoms with E-state index in [0.717, 1.165) is 25.2 Å². The van der Waals surface area contributed by atoms with Crippen LogP contribution in [0.3, 0.4) is 0 Å². The van der Waals surface area contributed by atoms with Crippen LogP contribution in [0.4, 0.5) is 0 Å². The van der Waals surface area contributed by atoms with Crippen LogP contribution in [0.2, 0.25) is 0 Å². The second kappa shape index (κ2) is 10.2. The lowest BCUT2D eigenvalue weighted by Crippen LogP contribution is -2.39. The first-order valence-electron chi connectivity index (χ1n) is 9.40. The molecule has 1 aliphatic heterocycles. The number of halogens is 1. The van der Waals surface area contributed by atoms with Gasteiger partial charge in [-0.15, -0.1) is 12.4 Å². The van der Waals surface area contributed by atoms with Crippen LogP contribution in [0.5, 0.6) is 0 Å². The van der Waals surface area contributed by atoms with Crippen LogP contribution < -0.4 is 0 Å². The van der Waals surface area contributed by atoms with E-state index in [-0.39, 0.29) is 36.3 Å². The number of aromatic carboxylic acids is 1. The van der Waals surface area contributed by atoms with Crippen LogP contribution in [0.25, 0.3) is 0 Å². The molecule has 150 valence electrons. The Labute approximate surface area is 172 Å². The van der Waals surface area contributed by atoms with Gasteiger partial charge in [0, 0.05) is 13.6 Å². The van der Waals surface area contributed by atoms with Gasteiger partial charge in [-0.2, -0.15) is 0 Å². The molecule has 1 unspecified atom stereocenters. The van der Waals surface area contributed by atoms with Crippen molar-refractivity contribution in [2.45, 2.75) is 25.3 Å². The zero-order valence-electron chi connectivity index (χ0n) is 16.1. The highest BCUT2D eigenvalue weighted by Gasteiger charge is 2.26. The SMILES string of the molecule is CN(C(=O)Cc1ccccc1C(=O)O)C(CN1CCCC1)c1ccccc1.Cl. The molecule has 1 aliphatic rings. The minimum Gasteiger partial charge on any atom is -0.478 e. The Hall–Kier alpha value is -2.37. The predicted molar refractivity (Wildman–Crippen MR) is 112 cm³/mol. The van der Waals surface area contributed by atoms with Crippen molar-refractivity contribution in [2.24, 2.45) is 0 Å². The third-order valence-electron chi connectivity index (χ3n) is 5.26. The van der Waals surface area contributed by atoms with E-state index in [2.05, 4.69) is 17.0 Å². The topological polar surface area (TPSA) is 60.9 Å². The van der Waals surface area contributed by atoms with Crippen molar-refractivity contribution in [1.82, 2.24) is 9.80 Å². The van der Waals surface area contributed by atoms with Gasteiger partial charge in [-0.25, -0.2) is 4.79 Å². The van der Waals surface area contributed by atoms with Crippen molar-refractivity contribution in [3.63, 3.8) is 0 Å². The summed E-state index contributed by atoms with van der Waals surface area (Å²) in [6.45, 7) is 2.92. The van der Waals surface area contributed by atoms with Gasteiger partial charge >= 0.3 is 5.97 Å². The zero-order chi connectivity index (χ0) is 19.2. The van der Waals surface area contributed by atoms with Crippen LogP contribution in [-0.2, 0) is 11.2 Å². The molecule has 1 heterocycles. The number of carboxylic acid groups (broad SMARTS) is 1. The zero-order valence-corrected chi connectivity index (χ0v) is 16.9. The maximum atomic E-state index is 13.0. The summed E-state index contributed by atoms with van der Waals surface area (Å²) >= 11 is 0. The number of likely N-dealkylation sites (N-methyl/N-ethyl adjacent to an activating group) is 1. The summed E-state index contributed by atoms with van der Waals surface area (Å²) in [5.41, 5.74) is 1.84. The molecule has 1 saturated heterocycles. The fourth-order valence-electron chi connectivity index (χ4n) is 3.68. The Balaban J connectivity index is 0.00000280. The molecule has 0 radical (unpaired) electrons. The average Bonchev–Trinajstić information content (AvgIpc) is 3.20. The molecule has 0 aromatic heterocycles. The van der Waals surface area contributed by atoms with Gasteiger partial charge in [0.15, 0.2) is 0 Å². The van der Waals surface area contributed by atoms with Crippen molar-refractivity contribution >= 4 is 24.3 Å². The number of nitrogens with zero attached hydrogens (tertiary/aromatic N) is 2. The molecule has 1 fully saturated rings. The molecule has 0 saturated carbocycles. The van der Waals surface area contributed by atoms with Crippen molar-refractivity contribution in [2.75, 3.05) is 26.7 Å². The summed E-state index contributed by atoms with van der Waals surface area (Å²) in [6.07, 6.45) is 2.48. The van der Waals surface area contributed by atoms with Gasteiger partial charge in [-0.3, -0.25) is 4.79 Å². The number of likely N-dealkylation sites (tertiary alicyclic amines) is 1. The molecule has 0 bridgehead atoms. The molecule has 2 aromatic rings. The van der Waals surface area contributed by atoms with E-state index in [1.165, 1.54) is 12.8 Å². The molecular formula is C22H27ClN2O3. The number of hydrogen-bond donors (Lipinski definition) is 1. The molecule has 1 N–H and O–H groups in total. The van der Waals surface area contributed by atoms with Crippen LogP contribution in [-0.4, -0.2) is 53.5 Å². The summed E-state index contributed by atoms with van der Waals surface area (Å²) < 4.78 is 0. The minimum atomic E-state index is -1.00. The Morgan fingerprint density at radius 2 is 1.64 bits per heavy atom. The van der Waals surface area contributed by atoms with E-state index < -0.39 is 5.97 Å². The third kappa shape index (κ3) is 5.33. The molecule has 0 spiro atoms. The molecule has 2 aromatic carbocycles. The van der Waals surface area contributed by atoms with E-state index in [4.69, 9.17) is 0 Å². The number of carbonyl (C=O) groups excluding carboxylic acids is 1. The first-order chi connectivity index (χ1) is 13.1. The fraction of sp³-hybridized carbons (Fsp3) is 0.364. The second-order valence-electron chi connectivity index (χ2n) is 7.08. The summed E-state index contributed by atoms with van der Waals surface area (Å²) in [5.74, 6) is -1.07. The highest BCUT2D eigenvalue weighted by molar-refractivity contribution is 5.91. The van der Waals surface area contributed by atoms with Crippen molar-refractivity contribution < 1.29 is 14.7 Å². The standard InChI is InChI=1S/C22H26N2O3.ClH/c1-23(21(25)15-18-11-5-6-12-19(18)22(26)27)20(16-24-13-7-8-14-24)17-9-3-2-4-10-17;/h2-6,9-12,20H,7-8,13-16H2,1H3,(H,26,27);1H. The summed E-state index contributed by atoms with van der Waals surface area (Å²) in [5, 5.41) is 9.36. The summed E-state index contributed by atoms with van der Waals surface area (Å²) in [4.78, 5) is 28.6. The molecule has 0 aliphatic carbocycles. The van der Waals surface area contributed by atoms with E-state index in [1.807, 2.05) is 25.2 Å². The fourth-order valence-corrected chi connectivity index (χ4v) is 3.68. The smallest absolute Gasteiger partial charge is 0.335 e. The number of hydrogen-bond acceptors (Lipinski definition) is 3. The van der Waals surface area contributed by atoms with Crippen LogP contribution >= 0.6 is 12.4 Å². The highest BCUT2D eigenvalue weighted by Crippen LogP contribution is 2.24. The van der Waals surface area contributed by atoms with Gasteiger partial charge in [-0.05, 0) is 43.1 Å². The van der Waals surface area contributed by atoms with Gasteiger partial charge in [0.25, 0.3) is 0 Å². The lowest BCUT2D eigenvalue weighted by Gasteiger charge is -2.32. The molecule has 6 heteroatoms. The lowest BCUT2D eigenvalue weighted by molar-refractivity contribution is -0.131. The van der Waals surface area contributed by atoms with Crippen molar-refractivity contribution in [1.29, 1.82) is 0 Å². The predicted octanol–water partition coefficient (Wildman–Crippen LogP) is 3.64. The van der Waals surface area contributed by atoms with Gasteiger partial charge in [-0.1, -0.05) is 48.5 Å². The monoisotopic (exact) mass is 402 g/mol. The quantitative estimate of drug-likeness (QED) is 0.768. The number of benzene rings is 2. The maximum Gasteiger partial charge on any atom is 0.335 e. The normalized spacial score (nSPS) is 14.9. The van der Waals surface area contributed by atoms with Gasteiger partial charge in [0.2, 0.25) is 5.91 Å². The second-order valence-corrected chi connectivity index (χ2v) is 7.08. The van der Waals surface area contributed by atoms with E-state index in [1.54, 1.807) is 29.2 Å². The first-order valence-corrected chi connectivity index (χ1v) is 9.40. The number of amides is 1. The summed E-state index contributed by atoms with van der Waals surface area (Å²) in [6, 6.07) is 16.7. The molecule has 1 atom stereocenters. The van der Waals surface area contributed by atoms with E-state index in [9.17, 15) is 14.7 Å². The van der Waals surface area contributed by atoms with Gasteiger partial charge in [0.05, 0.1) is 18.0 Å². The minimum absolute atomic E-state index is 0. The van der Waals surface area contributed by atoms with Gasteiger partial charge in [0.1, 0.15) is 0 Å². The lowest BCUT2D eigenvalue weighted by atomic mass is 10.0. The highest BCUT2D eigenvalue weighted by atomic mass is 35.5. The van der Waals surface area contributed by atoms with Gasteiger partial charge < -0.3 is 14.9 Å². The van der Waals surface area contributed by atoms with Crippen LogP contribution in [0, 0.1) is 0 Å². The number of rotatable bonds is 7.